The first-order chi connectivity index (χ1) is 5.57. The largest absolute Gasteiger partial charge is 0.511 e. The van der Waals surface area contributed by atoms with E-state index in [4.69, 9.17) is 0 Å². The van der Waals surface area contributed by atoms with Crippen LogP contribution in [0.2, 0.25) is 0 Å². The van der Waals surface area contributed by atoms with Crippen LogP contribution in [0.3, 0.4) is 0 Å². The second-order valence-electron chi connectivity index (χ2n) is 3.18. The van der Waals surface area contributed by atoms with Crippen molar-refractivity contribution in [1.82, 2.24) is 0 Å². The SMILES string of the molecule is CSC1C(O)=CC(O)=C1C(C)C. The molecule has 0 amide bonds. The first-order valence-electron chi connectivity index (χ1n) is 3.94. The summed E-state index contributed by atoms with van der Waals surface area (Å²) in [6, 6.07) is 0. The van der Waals surface area contributed by atoms with Gasteiger partial charge >= 0.3 is 0 Å². The van der Waals surface area contributed by atoms with Gasteiger partial charge in [0.15, 0.2) is 0 Å². The molecule has 1 rings (SSSR count). The highest BCUT2D eigenvalue weighted by Gasteiger charge is 2.28. The summed E-state index contributed by atoms with van der Waals surface area (Å²) in [6.07, 6.45) is 3.37. The fraction of sp³-hybridized carbons (Fsp3) is 0.556. The lowest BCUT2D eigenvalue weighted by Crippen LogP contribution is -2.11. The van der Waals surface area contributed by atoms with Crippen molar-refractivity contribution in [3.05, 3.63) is 23.2 Å². The van der Waals surface area contributed by atoms with Crippen LogP contribution in [0.4, 0.5) is 0 Å². The van der Waals surface area contributed by atoms with Gasteiger partial charge in [-0.15, -0.1) is 11.8 Å². The van der Waals surface area contributed by atoms with E-state index in [0.717, 1.165) is 5.57 Å². The molecule has 0 saturated heterocycles. The number of thioether (sulfide) groups is 1. The smallest absolute Gasteiger partial charge is 0.120 e. The minimum absolute atomic E-state index is 0.0370. The zero-order chi connectivity index (χ0) is 9.30. The Labute approximate surface area is 77.0 Å². The Balaban J connectivity index is 2.93. The highest BCUT2D eigenvalue weighted by molar-refractivity contribution is 7.99. The highest BCUT2D eigenvalue weighted by atomic mass is 32.2. The molecule has 0 aromatic carbocycles. The van der Waals surface area contributed by atoms with E-state index in [1.54, 1.807) is 11.8 Å². The Morgan fingerprint density at radius 2 is 2.00 bits per heavy atom. The van der Waals surface area contributed by atoms with Crippen molar-refractivity contribution in [1.29, 1.82) is 0 Å². The van der Waals surface area contributed by atoms with E-state index in [-0.39, 0.29) is 22.7 Å². The topological polar surface area (TPSA) is 40.5 Å². The van der Waals surface area contributed by atoms with Crippen molar-refractivity contribution in [2.24, 2.45) is 5.92 Å². The molecule has 0 aromatic heterocycles. The summed E-state index contributed by atoms with van der Waals surface area (Å²) in [5, 5.41) is 18.8. The Bertz CT molecular complexity index is 241. The van der Waals surface area contributed by atoms with Crippen LogP contribution in [0.15, 0.2) is 23.2 Å². The number of allylic oxidation sites excluding steroid dienone is 1. The van der Waals surface area contributed by atoms with Gasteiger partial charge in [0.2, 0.25) is 0 Å². The summed E-state index contributed by atoms with van der Waals surface area (Å²) in [7, 11) is 0. The van der Waals surface area contributed by atoms with Crippen LogP contribution >= 0.6 is 11.8 Å². The molecule has 1 aliphatic carbocycles. The van der Waals surface area contributed by atoms with Crippen molar-refractivity contribution in [2.45, 2.75) is 19.1 Å². The lowest BCUT2D eigenvalue weighted by Gasteiger charge is -2.16. The van der Waals surface area contributed by atoms with Crippen LogP contribution < -0.4 is 0 Å². The average molecular weight is 186 g/mol. The fourth-order valence-electron chi connectivity index (χ4n) is 1.44. The van der Waals surface area contributed by atoms with Gasteiger partial charge in [-0.2, -0.15) is 0 Å². The summed E-state index contributed by atoms with van der Waals surface area (Å²) in [4.78, 5) is 0. The lowest BCUT2D eigenvalue weighted by atomic mass is 10.0. The third kappa shape index (κ3) is 1.46. The van der Waals surface area contributed by atoms with Gasteiger partial charge in [-0.25, -0.2) is 0 Å². The van der Waals surface area contributed by atoms with Crippen LogP contribution in [0.25, 0.3) is 0 Å². The number of hydrogen-bond acceptors (Lipinski definition) is 3. The zero-order valence-electron chi connectivity index (χ0n) is 7.53. The van der Waals surface area contributed by atoms with E-state index >= 15 is 0 Å². The molecule has 68 valence electrons. The molecule has 2 nitrogen and oxygen atoms in total. The Hall–Kier alpha value is -0.570. The van der Waals surface area contributed by atoms with Crippen molar-refractivity contribution < 1.29 is 10.2 Å². The van der Waals surface area contributed by atoms with Crippen molar-refractivity contribution >= 4 is 11.8 Å². The molecule has 12 heavy (non-hydrogen) atoms. The van der Waals surface area contributed by atoms with Gasteiger partial charge in [0, 0.05) is 6.08 Å². The second-order valence-corrected chi connectivity index (χ2v) is 4.12. The highest BCUT2D eigenvalue weighted by Crippen LogP contribution is 2.35. The fourth-order valence-corrected chi connectivity index (χ4v) is 2.40. The van der Waals surface area contributed by atoms with Gasteiger partial charge < -0.3 is 10.2 Å². The third-order valence-corrected chi connectivity index (χ3v) is 2.96. The summed E-state index contributed by atoms with van der Waals surface area (Å²) in [5.74, 6) is 0.786. The summed E-state index contributed by atoms with van der Waals surface area (Å²) in [6.45, 7) is 4.03. The van der Waals surface area contributed by atoms with Crippen LogP contribution in [0, 0.1) is 5.92 Å². The maximum atomic E-state index is 9.46. The molecule has 1 unspecified atom stereocenters. The zero-order valence-corrected chi connectivity index (χ0v) is 8.35. The van der Waals surface area contributed by atoms with E-state index < -0.39 is 0 Å². The molecule has 2 N–H and O–H groups in total. The minimum atomic E-state index is -0.0370. The first-order valence-corrected chi connectivity index (χ1v) is 5.23. The summed E-state index contributed by atoms with van der Waals surface area (Å²) < 4.78 is 0. The van der Waals surface area contributed by atoms with Gasteiger partial charge in [-0.3, -0.25) is 0 Å². The first kappa shape index (κ1) is 9.52. The van der Waals surface area contributed by atoms with Crippen LogP contribution in [0.1, 0.15) is 13.8 Å². The van der Waals surface area contributed by atoms with Crippen LogP contribution in [0.5, 0.6) is 0 Å². The molecule has 0 saturated carbocycles. The molecule has 0 aromatic rings. The Kier molecular flexibility index (Phi) is 2.73. The lowest BCUT2D eigenvalue weighted by molar-refractivity contribution is 0.401. The molecule has 0 bridgehead atoms. The van der Waals surface area contributed by atoms with Crippen LogP contribution in [-0.2, 0) is 0 Å². The quantitative estimate of drug-likeness (QED) is 0.696. The van der Waals surface area contributed by atoms with Gasteiger partial charge in [0.05, 0.1) is 5.25 Å². The monoisotopic (exact) mass is 186 g/mol. The predicted molar refractivity (Wildman–Crippen MR) is 52.5 cm³/mol. The molecule has 3 heteroatoms. The molecule has 0 spiro atoms. The van der Waals surface area contributed by atoms with Crippen LogP contribution in [-0.4, -0.2) is 21.7 Å². The summed E-state index contributed by atoms with van der Waals surface area (Å²) >= 11 is 1.54. The normalized spacial score (nSPS) is 23.7. The molecule has 0 fully saturated rings. The average Bonchev–Trinajstić information content (AvgIpc) is 2.24. The van der Waals surface area contributed by atoms with E-state index in [1.807, 2.05) is 20.1 Å². The van der Waals surface area contributed by atoms with E-state index in [9.17, 15) is 10.2 Å². The van der Waals surface area contributed by atoms with E-state index in [1.165, 1.54) is 6.08 Å². The number of aliphatic hydroxyl groups excluding tert-OH is 2. The predicted octanol–water partition coefficient (Wildman–Crippen LogP) is 2.64. The number of hydrogen-bond donors (Lipinski definition) is 2. The number of aliphatic hydroxyl groups is 2. The van der Waals surface area contributed by atoms with Gasteiger partial charge in [-0.05, 0) is 17.7 Å². The molecule has 1 atom stereocenters. The molecule has 0 radical (unpaired) electrons. The van der Waals surface area contributed by atoms with Gasteiger partial charge in [0.1, 0.15) is 11.5 Å². The van der Waals surface area contributed by atoms with Crippen molar-refractivity contribution in [3.8, 4) is 0 Å². The minimum Gasteiger partial charge on any atom is -0.511 e. The third-order valence-electron chi connectivity index (χ3n) is 1.99. The Morgan fingerprint density at radius 1 is 1.42 bits per heavy atom. The molecular weight excluding hydrogens is 172 g/mol. The maximum absolute atomic E-state index is 9.46. The van der Waals surface area contributed by atoms with E-state index in [0.29, 0.717) is 0 Å². The maximum Gasteiger partial charge on any atom is 0.120 e. The van der Waals surface area contributed by atoms with Gasteiger partial charge in [-0.1, -0.05) is 13.8 Å². The summed E-state index contributed by atoms with van der Waals surface area (Å²) in [5.41, 5.74) is 0.931. The molecule has 0 heterocycles. The molecular formula is C9H14O2S. The molecule has 0 aliphatic heterocycles. The second kappa shape index (κ2) is 3.44. The molecule has 1 aliphatic rings. The van der Waals surface area contributed by atoms with Gasteiger partial charge in [0.25, 0.3) is 0 Å². The van der Waals surface area contributed by atoms with Crippen molar-refractivity contribution in [3.63, 3.8) is 0 Å². The van der Waals surface area contributed by atoms with Crippen molar-refractivity contribution in [2.75, 3.05) is 6.26 Å². The Morgan fingerprint density at radius 3 is 2.33 bits per heavy atom. The standard InChI is InChI=1S/C9H14O2S/c1-5(2)8-6(10)4-7(11)9(8)12-3/h4-5,9-11H,1-3H3. The van der Waals surface area contributed by atoms with E-state index in [2.05, 4.69) is 0 Å². The number of rotatable bonds is 2.